The van der Waals surface area contributed by atoms with Crippen LogP contribution in [0.1, 0.15) is 109 Å². The van der Waals surface area contributed by atoms with E-state index >= 15 is 0 Å². The van der Waals surface area contributed by atoms with E-state index in [1.807, 2.05) is 95.1 Å². The molecule has 0 radical (unpaired) electrons. The maximum absolute atomic E-state index is 13.3. The fourth-order valence-corrected chi connectivity index (χ4v) is 7.16. The summed E-state index contributed by atoms with van der Waals surface area (Å²) in [6.45, 7) is 14.8. The Morgan fingerprint density at radius 2 is 1.59 bits per heavy atom. The van der Waals surface area contributed by atoms with Crippen molar-refractivity contribution in [3.63, 3.8) is 0 Å². The number of hydrogen-bond acceptors (Lipinski definition) is 6. The van der Waals surface area contributed by atoms with E-state index in [9.17, 15) is 9.59 Å². The smallest absolute Gasteiger partial charge is 0.411 e. The molecule has 2 amide bonds. The van der Waals surface area contributed by atoms with Crippen LogP contribution >= 0.6 is 0 Å². The third-order valence-electron chi connectivity index (χ3n) is 9.70. The molecule has 2 saturated heterocycles. The van der Waals surface area contributed by atoms with Crippen LogP contribution in [0.15, 0.2) is 48.7 Å². The molecule has 1 saturated carbocycles. The quantitative estimate of drug-likeness (QED) is 0.215. The summed E-state index contributed by atoms with van der Waals surface area (Å²) in [6, 6.07) is 13.8. The van der Waals surface area contributed by atoms with Gasteiger partial charge in [0.05, 0.1) is 22.8 Å². The standard InChI is InChI=1S/C39H46N6O4/c1-36(2,3)48-34(46)44-20-8-9-31(44)32-41-28-17-14-26(21-29(28)42-32)11-10-25-12-15-27(16-13-25)30-22-40-33(43-30)38(7)23-39(18-19-39)24-45(38)35(47)49-37(4,5)6/h12-17,21-22,31H,8-9,18-20,23-24H2,1-7H3,(H,40,43)(H,41,42)/t31-,38+/m0/s1. The predicted molar refractivity (Wildman–Crippen MR) is 188 cm³/mol. The van der Waals surface area contributed by atoms with Crippen molar-refractivity contribution in [3.05, 3.63) is 71.4 Å². The van der Waals surface area contributed by atoms with Crippen LogP contribution in [0.4, 0.5) is 9.59 Å². The molecule has 1 spiro atoms. The van der Waals surface area contributed by atoms with Crippen LogP contribution < -0.4 is 0 Å². The number of benzene rings is 2. The number of carbonyl (C=O) groups is 2. The summed E-state index contributed by atoms with van der Waals surface area (Å²) < 4.78 is 11.4. The van der Waals surface area contributed by atoms with E-state index in [-0.39, 0.29) is 23.6 Å². The minimum atomic E-state index is -0.562. The van der Waals surface area contributed by atoms with E-state index in [0.717, 1.165) is 77.2 Å². The minimum absolute atomic E-state index is 0.138. The number of hydrogen-bond donors (Lipinski definition) is 2. The van der Waals surface area contributed by atoms with E-state index in [4.69, 9.17) is 19.4 Å². The van der Waals surface area contributed by atoms with Crippen molar-refractivity contribution in [1.82, 2.24) is 29.7 Å². The minimum Gasteiger partial charge on any atom is -0.444 e. The Hall–Kier alpha value is -4.78. The molecular formula is C39H46N6O4. The molecule has 2 N–H and O–H groups in total. The molecule has 7 rings (SSSR count). The Labute approximate surface area is 288 Å². The normalized spacial score (nSPS) is 21.6. The Morgan fingerprint density at radius 3 is 2.29 bits per heavy atom. The highest BCUT2D eigenvalue weighted by Crippen LogP contribution is 2.60. The Kier molecular flexibility index (Phi) is 7.81. The van der Waals surface area contributed by atoms with Crippen molar-refractivity contribution in [2.24, 2.45) is 5.41 Å². The monoisotopic (exact) mass is 662 g/mol. The average molecular weight is 663 g/mol. The van der Waals surface area contributed by atoms with Crippen molar-refractivity contribution in [2.75, 3.05) is 13.1 Å². The average Bonchev–Trinajstić information content (AvgIpc) is 3.50. The molecule has 4 heterocycles. The van der Waals surface area contributed by atoms with Gasteiger partial charge in [0, 0.05) is 36.0 Å². The Bertz CT molecular complexity index is 1960. The van der Waals surface area contributed by atoms with Gasteiger partial charge in [0.1, 0.15) is 28.4 Å². The third kappa shape index (κ3) is 6.76. The lowest BCUT2D eigenvalue weighted by atomic mass is 9.92. The molecule has 2 aliphatic heterocycles. The number of aromatic nitrogens is 4. The van der Waals surface area contributed by atoms with Crippen LogP contribution in [0.25, 0.3) is 22.3 Å². The molecule has 10 heteroatoms. The van der Waals surface area contributed by atoms with E-state index in [1.165, 1.54) is 0 Å². The second kappa shape index (κ2) is 11.7. The van der Waals surface area contributed by atoms with Gasteiger partial charge in [0.2, 0.25) is 0 Å². The molecule has 256 valence electrons. The molecule has 1 aliphatic carbocycles. The predicted octanol–water partition coefficient (Wildman–Crippen LogP) is 8.06. The van der Waals surface area contributed by atoms with Crippen LogP contribution in [0, 0.1) is 17.3 Å². The van der Waals surface area contributed by atoms with Crippen LogP contribution in [-0.2, 0) is 15.0 Å². The molecule has 3 fully saturated rings. The van der Waals surface area contributed by atoms with Gasteiger partial charge in [-0.15, -0.1) is 0 Å². The highest BCUT2D eigenvalue weighted by molar-refractivity contribution is 5.77. The largest absolute Gasteiger partial charge is 0.444 e. The summed E-state index contributed by atoms with van der Waals surface area (Å²) >= 11 is 0. The van der Waals surface area contributed by atoms with E-state index < -0.39 is 16.7 Å². The number of aromatic amines is 2. The van der Waals surface area contributed by atoms with Gasteiger partial charge >= 0.3 is 12.2 Å². The SMILES string of the molecule is CC(C)(C)OC(=O)N1CCC[C@H]1c1nc2cc(C#Cc3ccc(-c4c[nH]c([C@@]5(C)CC6(CC6)CN5C(=O)OC(C)(C)C)n4)cc3)ccc2[nH]1. The van der Waals surface area contributed by atoms with Crippen molar-refractivity contribution in [1.29, 1.82) is 0 Å². The summed E-state index contributed by atoms with van der Waals surface area (Å²) in [6.07, 6.45) is 6.20. The number of carbonyl (C=O) groups excluding carboxylic acids is 2. The zero-order valence-corrected chi connectivity index (χ0v) is 29.6. The number of likely N-dealkylation sites (tertiary alicyclic amines) is 2. The van der Waals surface area contributed by atoms with Gasteiger partial charge in [0.25, 0.3) is 0 Å². The van der Waals surface area contributed by atoms with Gasteiger partial charge in [-0.25, -0.2) is 19.6 Å². The molecule has 2 atom stereocenters. The molecule has 2 aromatic heterocycles. The van der Waals surface area contributed by atoms with Crippen LogP contribution in [0.3, 0.4) is 0 Å². The molecule has 4 aromatic rings. The fourth-order valence-electron chi connectivity index (χ4n) is 7.16. The summed E-state index contributed by atoms with van der Waals surface area (Å²) in [4.78, 5) is 46.4. The summed E-state index contributed by atoms with van der Waals surface area (Å²) in [5.74, 6) is 8.10. The van der Waals surface area contributed by atoms with Crippen molar-refractivity contribution < 1.29 is 19.1 Å². The summed E-state index contributed by atoms with van der Waals surface area (Å²) in [7, 11) is 0. The molecule has 49 heavy (non-hydrogen) atoms. The van der Waals surface area contributed by atoms with E-state index in [2.05, 4.69) is 28.7 Å². The lowest BCUT2D eigenvalue weighted by Gasteiger charge is -2.34. The Morgan fingerprint density at radius 1 is 0.918 bits per heavy atom. The second-order valence-electron chi connectivity index (χ2n) is 16.2. The lowest BCUT2D eigenvalue weighted by molar-refractivity contribution is 0.00827. The van der Waals surface area contributed by atoms with Crippen molar-refractivity contribution in [3.8, 4) is 23.1 Å². The van der Waals surface area contributed by atoms with Gasteiger partial charge in [0.15, 0.2) is 0 Å². The number of H-pyrrole nitrogens is 2. The number of rotatable bonds is 3. The van der Waals surface area contributed by atoms with Gasteiger partial charge < -0.3 is 19.4 Å². The first-order valence-corrected chi connectivity index (χ1v) is 17.3. The second-order valence-corrected chi connectivity index (χ2v) is 16.2. The van der Waals surface area contributed by atoms with Crippen molar-refractivity contribution >= 4 is 23.2 Å². The van der Waals surface area contributed by atoms with Crippen LogP contribution in [0.5, 0.6) is 0 Å². The van der Waals surface area contributed by atoms with E-state index in [0.29, 0.717) is 13.1 Å². The summed E-state index contributed by atoms with van der Waals surface area (Å²) in [5, 5.41) is 0. The molecular weight excluding hydrogens is 616 g/mol. The number of ether oxygens (including phenoxy) is 2. The molecule has 3 aliphatic rings. The topological polar surface area (TPSA) is 116 Å². The van der Waals surface area contributed by atoms with Gasteiger partial charge in [-0.2, -0.15) is 0 Å². The molecule has 10 nitrogen and oxygen atoms in total. The fraction of sp³-hybridized carbons (Fsp3) is 0.487. The molecule has 2 aromatic carbocycles. The summed E-state index contributed by atoms with van der Waals surface area (Å²) in [5.41, 5.74) is 3.76. The first-order valence-electron chi connectivity index (χ1n) is 17.3. The third-order valence-corrected chi connectivity index (χ3v) is 9.70. The Balaban J connectivity index is 1.05. The van der Waals surface area contributed by atoms with Gasteiger partial charge in [-0.1, -0.05) is 24.0 Å². The zero-order chi connectivity index (χ0) is 34.8. The van der Waals surface area contributed by atoms with Crippen LogP contribution in [-0.4, -0.2) is 66.2 Å². The number of imidazole rings is 2. The van der Waals surface area contributed by atoms with Crippen LogP contribution in [0.2, 0.25) is 0 Å². The molecule has 0 bridgehead atoms. The molecule has 0 unspecified atom stereocenters. The first kappa shape index (κ1) is 32.8. The van der Waals surface area contributed by atoms with Crippen molar-refractivity contribution in [2.45, 2.75) is 103 Å². The number of nitrogens with one attached hydrogen (secondary N) is 2. The van der Waals surface area contributed by atoms with Gasteiger partial charge in [-0.3, -0.25) is 9.80 Å². The number of fused-ring (bicyclic) bond motifs is 1. The maximum Gasteiger partial charge on any atom is 0.411 e. The zero-order valence-electron chi connectivity index (χ0n) is 29.6. The first-order chi connectivity index (χ1) is 23.1. The lowest BCUT2D eigenvalue weighted by Crippen LogP contribution is -2.46. The number of amides is 2. The highest BCUT2D eigenvalue weighted by Gasteiger charge is 2.60. The highest BCUT2D eigenvalue weighted by atomic mass is 16.6. The van der Waals surface area contributed by atoms with E-state index in [1.54, 1.807) is 4.90 Å². The maximum atomic E-state index is 13.3. The number of nitrogens with zero attached hydrogens (tertiary/aromatic N) is 4. The van der Waals surface area contributed by atoms with Gasteiger partial charge in [-0.05, 0) is 116 Å².